The maximum atomic E-state index is 13.1. The summed E-state index contributed by atoms with van der Waals surface area (Å²) in [6.45, 7) is 9.84. The Hall–Kier alpha value is -3.13. The fourth-order valence-electron chi connectivity index (χ4n) is 4.47. The van der Waals surface area contributed by atoms with Crippen molar-refractivity contribution in [2.24, 2.45) is 5.92 Å². The Morgan fingerprint density at radius 2 is 2.00 bits per heavy atom. The van der Waals surface area contributed by atoms with E-state index in [1.165, 1.54) is 0 Å². The maximum absolute atomic E-state index is 13.1. The molecule has 36 heavy (non-hydrogen) atoms. The van der Waals surface area contributed by atoms with Gasteiger partial charge >= 0.3 is 0 Å². The standard InChI is InChI=1S/C27H34ClN5O3/c1-5-6-21(34)16-36-24-14-19-13-20(7-8-23(19)33(17(2)3)26(24)35)30-25-22(28)15-29-27(31-25)32-11-9-18(4)10-12-32/h7-8,13-15,17-18H,5-6,9-12,16H2,1-4H3,(H,29,30,31). The molecule has 1 fully saturated rings. The summed E-state index contributed by atoms with van der Waals surface area (Å²) in [6, 6.07) is 7.33. The fourth-order valence-corrected chi connectivity index (χ4v) is 4.61. The van der Waals surface area contributed by atoms with Crippen LogP contribution in [0.1, 0.15) is 59.4 Å². The molecule has 1 aliphatic rings. The van der Waals surface area contributed by atoms with E-state index in [9.17, 15) is 9.59 Å². The summed E-state index contributed by atoms with van der Waals surface area (Å²) < 4.78 is 7.35. The van der Waals surface area contributed by atoms with Gasteiger partial charge in [-0.15, -0.1) is 0 Å². The van der Waals surface area contributed by atoms with Crippen LogP contribution in [0.3, 0.4) is 0 Å². The van der Waals surface area contributed by atoms with Gasteiger partial charge in [-0.25, -0.2) is 4.98 Å². The van der Waals surface area contributed by atoms with Gasteiger partial charge in [0.25, 0.3) is 5.56 Å². The lowest BCUT2D eigenvalue weighted by molar-refractivity contribution is -0.121. The number of nitrogens with one attached hydrogen (secondary N) is 1. The zero-order valence-electron chi connectivity index (χ0n) is 21.4. The smallest absolute Gasteiger partial charge is 0.293 e. The van der Waals surface area contributed by atoms with Crippen LogP contribution in [0.2, 0.25) is 5.02 Å². The number of rotatable bonds is 9. The predicted octanol–water partition coefficient (Wildman–Crippen LogP) is 5.75. The molecule has 0 saturated carbocycles. The van der Waals surface area contributed by atoms with Crippen LogP contribution in [0.25, 0.3) is 10.9 Å². The lowest BCUT2D eigenvalue weighted by Gasteiger charge is -2.30. The van der Waals surface area contributed by atoms with Crippen molar-refractivity contribution in [2.45, 2.75) is 59.4 Å². The van der Waals surface area contributed by atoms with Crippen molar-refractivity contribution >= 4 is 45.7 Å². The fraction of sp³-hybridized carbons (Fsp3) is 0.481. The van der Waals surface area contributed by atoms with E-state index in [-0.39, 0.29) is 29.7 Å². The van der Waals surface area contributed by atoms with E-state index in [1.54, 1.807) is 16.8 Å². The van der Waals surface area contributed by atoms with Crippen molar-refractivity contribution in [3.05, 3.63) is 45.8 Å². The van der Waals surface area contributed by atoms with Crippen LogP contribution in [0.15, 0.2) is 35.3 Å². The summed E-state index contributed by atoms with van der Waals surface area (Å²) in [4.78, 5) is 36.4. The first-order valence-electron chi connectivity index (χ1n) is 12.6. The van der Waals surface area contributed by atoms with Crippen molar-refractivity contribution < 1.29 is 9.53 Å². The van der Waals surface area contributed by atoms with Crippen molar-refractivity contribution in [1.29, 1.82) is 0 Å². The SMILES string of the molecule is CCCC(=O)COc1cc2cc(Nc3nc(N4CCC(C)CC4)ncc3Cl)ccc2n(C(C)C)c1=O. The van der Waals surface area contributed by atoms with E-state index in [0.29, 0.717) is 29.1 Å². The number of hydrogen-bond donors (Lipinski definition) is 1. The van der Waals surface area contributed by atoms with Gasteiger partial charge in [-0.05, 0) is 63.3 Å². The predicted molar refractivity (Wildman–Crippen MR) is 145 cm³/mol. The molecular weight excluding hydrogens is 478 g/mol. The number of aromatic nitrogens is 3. The van der Waals surface area contributed by atoms with E-state index < -0.39 is 0 Å². The Kier molecular flexibility index (Phi) is 8.14. The number of pyridine rings is 1. The Bertz CT molecular complexity index is 1300. The normalized spacial score (nSPS) is 14.4. The van der Waals surface area contributed by atoms with Crippen molar-refractivity contribution in [3.8, 4) is 5.75 Å². The molecule has 8 nitrogen and oxygen atoms in total. The molecule has 4 rings (SSSR count). The third-order valence-electron chi connectivity index (χ3n) is 6.50. The molecule has 0 unspecified atom stereocenters. The number of ketones is 1. The van der Waals surface area contributed by atoms with Crippen LogP contribution in [-0.4, -0.2) is 40.0 Å². The van der Waals surface area contributed by atoms with Crippen LogP contribution in [0.4, 0.5) is 17.5 Å². The molecule has 192 valence electrons. The van der Waals surface area contributed by atoms with E-state index >= 15 is 0 Å². The first kappa shape index (κ1) is 25.9. The number of anilines is 3. The highest BCUT2D eigenvalue weighted by atomic mass is 35.5. The van der Waals surface area contributed by atoms with Gasteiger partial charge in [-0.1, -0.05) is 25.4 Å². The number of halogens is 1. The molecule has 0 atom stereocenters. The van der Waals surface area contributed by atoms with Gasteiger partial charge in [0, 0.05) is 36.6 Å². The topological polar surface area (TPSA) is 89.3 Å². The molecular formula is C27H34ClN5O3. The van der Waals surface area contributed by atoms with E-state index in [4.69, 9.17) is 21.3 Å². The Labute approximate surface area is 216 Å². The van der Waals surface area contributed by atoms with Gasteiger partial charge < -0.3 is 19.5 Å². The molecule has 1 saturated heterocycles. The second-order valence-electron chi connectivity index (χ2n) is 9.79. The van der Waals surface area contributed by atoms with Gasteiger partial charge in [0.05, 0.1) is 11.7 Å². The zero-order chi connectivity index (χ0) is 25.8. The molecule has 0 spiro atoms. The van der Waals surface area contributed by atoms with Crippen LogP contribution >= 0.6 is 11.6 Å². The highest BCUT2D eigenvalue weighted by molar-refractivity contribution is 6.32. The van der Waals surface area contributed by atoms with Crippen molar-refractivity contribution in [1.82, 2.24) is 14.5 Å². The molecule has 1 aromatic carbocycles. The number of fused-ring (bicyclic) bond motifs is 1. The van der Waals surface area contributed by atoms with E-state index in [2.05, 4.69) is 22.1 Å². The monoisotopic (exact) mass is 511 g/mol. The third kappa shape index (κ3) is 5.81. The minimum Gasteiger partial charge on any atom is -0.480 e. The maximum Gasteiger partial charge on any atom is 0.293 e. The summed E-state index contributed by atoms with van der Waals surface area (Å²) in [6.07, 6.45) is 5.03. The second-order valence-corrected chi connectivity index (χ2v) is 10.2. The largest absolute Gasteiger partial charge is 0.480 e. The molecule has 0 amide bonds. The van der Waals surface area contributed by atoms with Gasteiger partial charge in [-0.2, -0.15) is 4.98 Å². The number of Topliss-reactive ketones (excluding diaryl/α,β-unsaturated/α-hetero) is 1. The van der Waals surface area contributed by atoms with Crippen LogP contribution < -0.4 is 20.5 Å². The Balaban J connectivity index is 1.64. The molecule has 9 heteroatoms. The number of carbonyl (C=O) groups excluding carboxylic acids is 1. The quantitative estimate of drug-likeness (QED) is 0.391. The molecule has 2 aromatic heterocycles. The number of nitrogens with zero attached hydrogens (tertiary/aromatic N) is 4. The summed E-state index contributed by atoms with van der Waals surface area (Å²) >= 11 is 6.43. The van der Waals surface area contributed by atoms with Crippen molar-refractivity contribution in [2.75, 3.05) is 29.9 Å². The third-order valence-corrected chi connectivity index (χ3v) is 6.77. The van der Waals surface area contributed by atoms with Gasteiger partial charge in [0.15, 0.2) is 17.4 Å². The average molecular weight is 512 g/mol. The Morgan fingerprint density at radius 3 is 2.69 bits per heavy atom. The minimum absolute atomic E-state index is 0.0270. The number of hydrogen-bond acceptors (Lipinski definition) is 7. The average Bonchev–Trinajstić information content (AvgIpc) is 2.84. The molecule has 3 heterocycles. The van der Waals surface area contributed by atoms with Crippen LogP contribution in [0.5, 0.6) is 5.75 Å². The van der Waals surface area contributed by atoms with Crippen LogP contribution in [-0.2, 0) is 4.79 Å². The van der Waals surface area contributed by atoms with Crippen LogP contribution in [0, 0.1) is 5.92 Å². The second kappa shape index (κ2) is 11.3. The first-order valence-corrected chi connectivity index (χ1v) is 13.0. The molecule has 1 N–H and O–H groups in total. The summed E-state index contributed by atoms with van der Waals surface area (Å²) in [7, 11) is 0. The first-order chi connectivity index (χ1) is 17.3. The molecule has 0 aliphatic carbocycles. The number of ether oxygens (including phenoxy) is 1. The molecule has 0 radical (unpaired) electrons. The zero-order valence-corrected chi connectivity index (χ0v) is 22.1. The summed E-state index contributed by atoms with van der Waals surface area (Å²) in [5.74, 6) is 2.04. The molecule has 1 aliphatic heterocycles. The Morgan fingerprint density at radius 1 is 1.25 bits per heavy atom. The highest BCUT2D eigenvalue weighted by Crippen LogP contribution is 2.29. The lowest BCUT2D eigenvalue weighted by atomic mass is 10.00. The summed E-state index contributed by atoms with van der Waals surface area (Å²) in [5.41, 5.74) is 1.30. The lowest BCUT2D eigenvalue weighted by Crippen LogP contribution is -2.34. The molecule has 3 aromatic rings. The number of carbonyl (C=O) groups is 1. The van der Waals surface area contributed by atoms with E-state index in [1.807, 2.05) is 39.0 Å². The van der Waals surface area contributed by atoms with Gasteiger partial charge in [0.1, 0.15) is 11.6 Å². The van der Waals surface area contributed by atoms with Gasteiger partial charge in [0.2, 0.25) is 5.95 Å². The highest BCUT2D eigenvalue weighted by Gasteiger charge is 2.19. The van der Waals surface area contributed by atoms with Crippen molar-refractivity contribution in [3.63, 3.8) is 0 Å². The summed E-state index contributed by atoms with van der Waals surface area (Å²) in [5, 5.41) is 4.54. The molecule has 0 bridgehead atoms. The number of benzene rings is 1. The van der Waals surface area contributed by atoms with E-state index in [0.717, 1.165) is 48.9 Å². The minimum atomic E-state index is -0.248. The number of piperidine rings is 1. The van der Waals surface area contributed by atoms with Gasteiger partial charge in [-0.3, -0.25) is 9.59 Å².